The topological polar surface area (TPSA) is 59.1 Å². The van der Waals surface area contributed by atoms with Gasteiger partial charge in [0.15, 0.2) is 0 Å². The summed E-state index contributed by atoms with van der Waals surface area (Å²) in [5.74, 6) is -1.33. The van der Waals surface area contributed by atoms with Crippen LogP contribution in [0.5, 0.6) is 0 Å². The van der Waals surface area contributed by atoms with Crippen LogP contribution in [0.15, 0.2) is 30.3 Å². The van der Waals surface area contributed by atoms with Crippen molar-refractivity contribution < 1.29 is 22.8 Å². The first-order chi connectivity index (χ1) is 11.7. The number of carbonyl (C=O) groups is 2. The van der Waals surface area contributed by atoms with E-state index in [4.69, 9.17) is 11.6 Å². The minimum Gasteiger partial charge on any atom is -0.291 e. The highest BCUT2D eigenvalue weighted by molar-refractivity contribution is 6.29. The van der Waals surface area contributed by atoms with Crippen molar-refractivity contribution in [3.05, 3.63) is 63.4 Å². The lowest BCUT2D eigenvalue weighted by Gasteiger charge is -2.35. The molecule has 2 aliphatic rings. The summed E-state index contributed by atoms with van der Waals surface area (Å²) in [4.78, 5) is 29.0. The van der Waals surface area contributed by atoms with E-state index < -0.39 is 29.0 Å². The summed E-state index contributed by atoms with van der Waals surface area (Å²) in [7, 11) is 0. The molecular weight excluding hydrogens is 357 g/mol. The number of hydrogen-bond acceptors (Lipinski definition) is 3. The van der Waals surface area contributed by atoms with E-state index in [9.17, 15) is 22.8 Å². The molecule has 1 spiro atoms. The fraction of sp³-hybridized carbons (Fsp3) is 0.235. The molecule has 0 saturated carbocycles. The summed E-state index contributed by atoms with van der Waals surface area (Å²) in [6.07, 6.45) is -3.97. The van der Waals surface area contributed by atoms with Crippen LogP contribution in [0, 0.1) is 0 Å². The van der Waals surface area contributed by atoms with Crippen molar-refractivity contribution in [3.8, 4) is 0 Å². The number of nitrogens with zero attached hydrogens (tertiary/aromatic N) is 1. The third kappa shape index (κ3) is 2.18. The Labute approximate surface area is 145 Å². The number of aromatic nitrogens is 1. The molecule has 1 atom stereocenters. The van der Waals surface area contributed by atoms with Crippen LogP contribution in [-0.2, 0) is 22.8 Å². The first-order valence-corrected chi connectivity index (χ1v) is 7.85. The third-order valence-corrected chi connectivity index (χ3v) is 5.01. The fourth-order valence-corrected chi connectivity index (χ4v) is 3.85. The lowest BCUT2D eigenvalue weighted by atomic mass is 9.70. The molecule has 8 heteroatoms. The van der Waals surface area contributed by atoms with Crippen LogP contribution in [0.4, 0.5) is 13.2 Å². The van der Waals surface area contributed by atoms with E-state index in [0.717, 1.165) is 18.2 Å². The van der Waals surface area contributed by atoms with E-state index in [-0.39, 0.29) is 22.7 Å². The smallest absolute Gasteiger partial charge is 0.291 e. The van der Waals surface area contributed by atoms with Crippen LogP contribution >= 0.6 is 11.6 Å². The van der Waals surface area contributed by atoms with Crippen molar-refractivity contribution in [2.75, 3.05) is 0 Å². The third-order valence-electron chi connectivity index (χ3n) is 4.80. The van der Waals surface area contributed by atoms with E-state index >= 15 is 0 Å². The second-order valence-corrected chi connectivity index (χ2v) is 6.46. The van der Waals surface area contributed by atoms with Crippen LogP contribution in [0.1, 0.15) is 39.2 Å². The Morgan fingerprint density at radius 3 is 2.60 bits per heavy atom. The molecule has 1 unspecified atom stereocenters. The quantitative estimate of drug-likeness (QED) is 0.575. The predicted molar refractivity (Wildman–Crippen MR) is 82.3 cm³/mol. The van der Waals surface area contributed by atoms with Gasteiger partial charge in [-0.25, -0.2) is 4.98 Å². The van der Waals surface area contributed by atoms with Gasteiger partial charge in [-0.2, -0.15) is 13.2 Å². The van der Waals surface area contributed by atoms with Crippen molar-refractivity contribution >= 4 is 23.4 Å². The van der Waals surface area contributed by atoms with Crippen LogP contribution in [0.3, 0.4) is 0 Å². The number of imide groups is 1. The first-order valence-electron chi connectivity index (χ1n) is 7.47. The monoisotopic (exact) mass is 366 g/mol. The Balaban J connectivity index is 2.02. The number of fused-ring (bicyclic) bond motifs is 4. The largest absolute Gasteiger partial charge is 0.416 e. The molecular formula is C17H10ClF3N2O2. The Kier molecular flexibility index (Phi) is 3.25. The van der Waals surface area contributed by atoms with Crippen molar-refractivity contribution in [2.24, 2.45) is 0 Å². The average Bonchev–Trinajstić information content (AvgIpc) is 2.91. The molecule has 1 aromatic carbocycles. The normalized spacial score (nSPS) is 21.9. The maximum absolute atomic E-state index is 13.2. The number of halogens is 4. The molecule has 2 heterocycles. The number of aryl methyl sites for hydroxylation is 1. The van der Waals surface area contributed by atoms with Crippen molar-refractivity contribution in [3.63, 3.8) is 0 Å². The van der Waals surface area contributed by atoms with E-state index in [2.05, 4.69) is 10.3 Å². The highest BCUT2D eigenvalue weighted by Crippen LogP contribution is 2.48. The van der Waals surface area contributed by atoms with Gasteiger partial charge in [0.1, 0.15) is 10.6 Å². The van der Waals surface area contributed by atoms with Gasteiger partial charge in [-0.3, -0.25) is 14.9 Å². The predicted octanol–water partition coefficient (Wildman–Crippen LogP) is 3.26. The second kappa shape index (κ2) is 5.05. The minimum absolute atomic E-state index is 0.0652. The summed E-state index contributed by atoms with van der Waals surface area (Å²) < 4.78 is 39.5. The van der Waals surface area contributed by atoms with Gasteiger partial charge >= 0.3 is 6.18 Å². The molecule has 1 aliphatic carbocycles. The van der Waals surface area contributed by atoms with E-state index in [0.29, 0.717) is 17.7 Å². The van der Waals surface area contributed by atoms with Crippen LogP contribution in [0.2, 0.25) is 5.15 Å². The Hall–Kier alpha value is -2.41. The maximum atomic E-state index is 13.2. The van der Waals surface area contributed by atoms with E-state index in [1.807, 2.05) is 0 Å². The van der Waals surface area contributed by atoms with Gasteiger partial charge in [0.2, 0.25) is 5.91 Å². The number of benzene rings is 1. The molecule has 4 rings (SSSR count). The maximum Gasteiger partial charge on any atom is 0.416 e. The molecule has 0 fully saturated rings. The zero-order chi connectivity index (χ0) is 18.0. The highest BCUT2D eigenvalue weighted by Gasteiger charge is 2.52. The molecule has 2 amide bonds. The zero-order valence-electron chi connectivity index (χ0n) is 12.6. The number of hydrogen-bond donors (Lipinski definition) is 1. The molecule has 1 aromatic heterocycles. The van der Waals surface area contributed by atoms with Gasteiger partial charge in [0.25, 0.3) is 5.91 Å². The van der Waals surface area contributed by atoms with Gasteiger partial charge in [-0.05, 0) is 48.2 Å². The molecule has 0 saturated heterocycles. The molecule has 1 aliphatic heterocycles. The van der Waals surface area contributed by atoms with Crippen LogP contribution in [-0.4, -0.2) is 16.8 Å². The van der Waals surface area contributed by atoms with Crippen molar-refractivity contribution in [1.29, 1.82) is 0 Å². The van der Waals surface area contributed by atoms with Crippen molar-refractivity contribution in [2.45, 2.75) is 24.4 Å². The summed E-state index contributed by atoms with van der Waals surface area (Å²) >= 11 is 5.88. The van der Waals surface area contributed by atoms with Gasteiger partial charge in [0.05, 0.1) is 5.56 Å². The molecule has 0 radical (unpaired) electrons. The fourth-order valence-electron chi connectivity index (χ4n) is 3.68. The lowest BCUT2D eigenvalue weighted by molar-refractivity contribution is -0.138. The summed E-state index contributed by atoms with van der Waals surface area (Å²) in [6, 6.07) is 5.94. The minimum atomic E-state index is -4.58. The number of amides is 2. The highest BCUT2D eigenvalue weighted by atomic mass is 35.5. The Bertz CT molecular complexity index is 942. The SMILES string of the molecule is O=C1NC(=O)C2(CCc3nc(Cl)ccc32)c2cc(C(F)(F)F)ccc21. The molecule has 25 heavy (non-hydrogen) atoms. The number of pyridine rings is 1. The lowest BCUT2D eigenvalue weighted by Crippen LogP contribution is -2.51. The van der Waals surface area contributed by atoms with Gasteiger partial charge in [-0.15, -0.1) is 0 Å². The number of alkyl halides is 3. The van der Waals surface area contributed by atoms with Crippen molar-refractivity contribution in [1.82, 2.24) is 10.3 Å². The number of carbonyl (C=O) groups excluding carboxylic acids is 2. The van der Waals surface area contributed by atoms with Gasteiger partial charge < -0.3 is 0 Å². The van der Waals surface area contributed by atoms with Crippen LogP contribution in [0.25, 0.3) is 0 Å². The van der Waals surface area contributed by atoms with E-state index in [1.165, 1.54) is 6.07 Å². The molecule has 1 N–H and O–H groups in total. The standard InChI is InChI=1S/C17H10ClF3N2O2/c18-13-4-3-10-12(22-13)5-6-16(10)11-7-8(17(19,20)21)1-2-9(11)14(24)23-15(16)25/h1-4,7H,5-6H2,(H,23,24,25). The van der Waals surface area contributed by atoms with Gasteiger partial charge in [0, 0.05) is 11.3 Å². The van der Waals surface area contributed by atoms with Crippen LogP contribution < -0.4 is 5.32 Å². The molecule has 2 aromatic rings. The Morgan fingerprint density at radius 1 is 1.12 bits per heavy atom. The Morgan fingerprint density at radius 2 is 1.88 bits per heavy atom. The average molecular weight is 367 g/mol. The number of rotatable bonds is 0. The first kappa shape index (κ1) is 16.1. The molecule has 0 bridgehead atoms. The molecule has 4 nitrogen and oxygen atoms in total. The zero-order valence-corrected chi connectivity index (χ0v) is 13.3. The second-order valence-electron chi connectivity index (χ2n) is 6.07. The molecule has 128 valence electrons. The van der Waals surface area contributed by atoms with Gasteiger partial charge in [-0.1, -0.05) is 17.7 Å². The van der Waals surface area contributed by atoms with E-state index in [1.54, 1.807) is 6.07 Å². The summed E-state index contributed by atoms with van der Waals surface area (Å²) in [5, 5.41) is 2.51. The summed E-state index contributed by atoms with van der Waals surface area (Å²) in [5.41, 5.74) is -1.09. The summed E-state index contributed by atoms with van der Waals surface area (Å²) in [6.45, 7) is 0. The number of nitrogens with one attached hydrogen (secondary N) is 1.